The number of aromatic nitrogens is 2. The van der Waals surface area contributed by atoms with Crippen LogP contribution >= 0.6 is 11.3 Å². The van der Waals surface area contributed by atoms with Crippen molar-refractivity contribution in [1.29, 1.82) is 5.26 Å². The highest BCUT2D eigenvalue weighted by atomic mass is 32.1. The lowest BCUT2D eigenvalue weighted by Gasteiger charge is -2.30. The average molecular weight is 557 g/mol. The second-order valence-electron chi connectivity index (χ2n) is 9.75. The van der Waals surface area contributed by atoms with E-state index in [1.54, 1.807) is 14.0 Å². The van der Waals surface area contributed by atoms with E-state index in [9.17, 15) is 19.6 Å². The number of para-hydroxylation sites is 1. The number of amides is 1. The predicted molar refractivity (Wildman–Crippen MR) is 145 cm³/mol. The third-order valence-corrected chi connectivity index (χ3v) is 8.20. The molecule has 0 spiro atoms. The molecule has 1 fully saturated rings. The number of nitrogens with zero attached hydrogens (tertiary/aromatic N) is 3. The van der Waals surface area contributed by atoms with Crippen molar-refractivity contribution in [1.82, 2.24) is 14.6 Å². The summed E-state index contributed by atoms with van der Waals surface area (Å²) < 4.78 is 20.0. The number of fused-ring (bicyclic) bond motifs is 1. The van der Waals surface area contributed by atoms with Crippen molar-refractivity contribution in [2.24, 2.45) is 0 Å². The lowest BCUT2D eigenvalue weighted by Crippen LogP contribution is -2.55. The zero-order valence-electron chi connectivity index (χ0n) is 22.6. The Bertz CT molecular complexity index is 1530. The molecule has 1 N–H and O–H groups in total. The Labute approximate surface area is 229 Å². The number of benzene rings is 1. The Hall–Kier alpha value is -3.50. The first-order valence-electron chi connectivity index (χ1n) is 12.5. The summed E-state index contributed by atoms with van der Waals surface area (Å²) in [6.07, 6.45) is 0.626. The standard InChI is InChI=1S/C27H32N4O7S/c1-16-21(14-28)39-24-22(16)23(32)31(27(2,3)25(33)29-36-5)26(34)30(24)15-20(38-17-10-12-37-13-11-17)18-8-6-7-9-19(18)35-4/h6-9,17,20H,10-13,15H2,1-5H3,(H,29,33). The molecular formula is C27H32N4O7S. The number of carbonyl (C=O) groups excluding carboxylic acids is 1. The Kier molecular flexibility index (Phi) is 8.56. The van der Waals surface area contributed by atoms with Crippen LogP contribution in [0.3, 0.4) is 0 Å². The molecule has 1 aliphatic heterocycles. The van der Waals surface area contributed by atoms with Crippen LogP contribution in [0.1, 0.15) is 48.8 Å². The van der Waals surface area contributed by atoms with Gasteiger partial charge in [-0.05, 0) is 45.2 Å². The molecule has 1 unspecified atom stereocenters. The Morgan fingerprint density at radius 3 is 2.59 bits per heavy atom. The van der Waals surface area contributed by atoms with E-state index in [2.05, 4.69) is 11.5 Å². The Morgan fingerprint density at radius 2 is 1.95 bits per heavy atom. The van der Waals surface area contributed by atoms with E-state index in [0.717, 1.165) is 21.5 Å². The highest BCUT2D eigenvalue weighted by molar-refractivity contribution is 7.19. The molecule has 1 aromatic carbocycles. The van der Waals surface area contributed by atoms with Crippen molar-refractivity contribution >= 4 is 27.5 Å². The van der Waals surface area contributed by atoms with E-state index in [4.69, 9.17) is 19.0 Å². The van der Waals surface area contributed by atoms with E-state index in [1.807, 2.05) is 24.3 Å². The van der Waals surface area contributed by atoms with Gasteiger partial charge < -0.3 is 14.2 Å². The highest BCUT2D eigenvalue weighted by Gasteiger charge is 2.36. The van der Waals surface area contributed by atoms with E-state index >= 15 is 0 Å². The zero-order chi connectivity index (χ0) is 28.3. The molecule has 208 valence electrons. The number of rotatable bonds is 9. The fraction of sp³-hybridized carbons (Fsp3) is 0.481. The number of nitrogens with one attached hydrogen (secondary N) is 1. The third kappa shape index (κ3) is 5.35. The minimum Gasteiger partial charge on any atom is -0.496 e. The Morgan fingerprint density at radius 1 is 1.26 bits per heavy atom. The van der Waals surface area contributed by atoms with Gasteiger partial charge in [-0.15, -0.1) is 11.3 Å². The summed E-state index contributed by atoms with van der Waals surface area (Å²) in [5.41, 5.74) is 0.438. The molecule has 12 heteroatoms. The van der Waals surface area contributed by atoms with Gasteiger partial charge in [0.2, 0.25) is 0 Å². The van der Waals surface area contributed by atoms with Gasteiger partial charge in [-0.25, -0.2) is 14.8 Å². The fourth-order valence-electron chi connectivity index (χ4n) is 4.78. The van der Waals surface area contributed by atoms with Crippen molar-refractivity contribution in [3.63, 3.8) is 0 Å². The molecule has 3 heterocycles. The molecular weight excluding hydrogens is 524 g/mol. The number of ether oxygens (including phenoxy) is 3. The molecule has 0 aliphatic carbocycles. The second-order valence-corrected chi connectivity index (χ2v) is 10.8. The third-order valence-electron chi connectivity index (χ3n) is 6.98. The SMILES string of the molecule is CONC(=O)C(C)(C)n1c(=O)c2c(C)c(C#N)sc2n(CC(OC2CCOCC2)c2ccccc2OC)c1=O. The van der Waals surface area contributed by atoms with Crippen molar-refractivity contribution in [2.75, 3.05) is 27.4 Å². The van der Waals surface area contributed by atoms with Gasteiger partial charge in [-0.2, -0.15) is 5.26 Å². The summed E-state index contributed by atoms with van der Waals surface area (Å²) in [6.45, 7) is 5.73. The van der Waals surface area contributed by atoms with Crippen molar-refractivity contribution in [2.45, 2.75) is 57.9 Å². The van der Waals surface area contributed by atoms with Gasteiger partial charge >= 0.3 is 5.69 Å². The van der Waals surface area contributed by atoms with Crippen molar-refractivity contribution < 1.29 is 23.8 Å². The molecule has 1 saturated heterocycles. The van der Waals surface area contributed by atoms with Gasteiger partial charge in [0, 0.05) is 18.8 Å². The average Bonchev–Trinajstić information content (AvgIpc) is 3.27. The monoisotopic (exact) mass is 556 g/mol. The van der Waals surface area contributed by atoms with Gasteiger partial charge in [-0.3, -0.25) is 19.0 Å². The van der Waals surface area contributed by atoms with Crippen LogP contribution in [0.25, 0.3) is 10.2 Å². The first-order valence-corrected chi connectivity index (χ1v) is 13.4. The number of methoxy groups -OCH3 is 1. The lowest BCUT2D eigenvalue weighted by atomic mass is 10.0. The highest BCUT2D eigenvalue weighted by Crippen LogP contribution is 2.34. The minimum atomic E-state index is -1.61. The summed E-state index contributed by atoms with van der Waals surface area (Å²) in [5.74, 6) is -0.0877. The summed E-state index contributed by atoms with van der Waals surface area (Å²) >= 11 is 1.07. The van der Waals surface area contributed by atoms with Crippen LogP contribution in [0, 0.1) is 18.3 Å². The topological polar surface area (TPSA) is 134 Å². The van der Waals surface area contributed by atoms with Crippen LogP contribution < -0.4 is 21.5 Å². The number of nitriles is 1. The second kappa shape index (κ2) is 11.7. The maximum absolute atomic E-state index is 14.1. The number of hydroxylamine groups is 1. The van der Waals surface area contributed by atoms with Crippen molar-refractivity contribution in [3.05, 3.63) is 61.1 Å². The molecule has 1 aliphatic rings. The minimum absolute atomic E-state index is 0.0140. The molecule has 0 bridgehead atoms. The van der Waals surface area contributed by atoms with Gasteiger partial charge in [0.25, 0.3) is 11.5 Å². The summed E-state index contributed by atoms with van der Waals surface area (Å²) in [5, 5.41) is 9.94. The predicted octanol–water partition coefficient (Wildman–Crippen LogP) is 2.76. The van der Waals surface area contributed by atoms with Gasteiger partial charge in [-0.1, -0.05) is 18.2 Å². The van der Waals surface area contributed by atoms with Crippen molar-refractivity contribution in [3.8, 4) is 11.8 Å². The quantitative estimate of drug-likeness (QED) is 0.398. The number of aryl methyl sites for hydroxylation is 1. The smallest absolute Gasteiger partial charge is 0.333 e. The van der Waals surface area contributed by atoms with Gasteiger partial charge in [0.15, 0.2) is 0 Å². The zero-order valence-corrected chi connectivity index (χ0v) is 23.4. The van der Waals surface area contributed by atoms with Gasteiger partial charge in [0.1, 0.15) is 33.2 Å². The first kappa shape index (κ1) is 28.5. The number of thiophene rings is 1. The lowest BCUT2D eigenvalue weighted by molar-refractivity contribution is -0.139. The number of hydrogen-bond donors (Lipinski definition) is 1. The summed E-state index contributed by atoms with van der Waals surface area (Å²) in [4.78, 5) is 46.2. The van der Waals surface area contributed by atoms with E-state index in [1.165, 1.54) is 25.5 Å². The van der Waals surface area contributed by atoms with Crippen LogP contribution in [0.15, 0.2) is 33.9 Å². The molecule has 0 saturated carbocycles. The Balaban J connectivity index is 1.96. The molecule has 3 aromatic rings. The fourth-order valence-corrected chi connectivity index (χ4v) is 5.88. The molecule has 1 atom stereocenters. The van der Waals surface area contributed by atoms with Crippen LogP contribution in [-0.2, 0) is 31.2 Å². The molecule has 0 radical (unpaired) electrons. The molecule has 11 nitrogen and oxygen atoms in total. The molecule has 4 rings (SSSR count). The normalized spacial score (nSPS) is 15.2. The first-order chi connectivity index (χ1) is 18.6. The number of carbonyl (C=O) groups is 1. The van der Waals surface area contributed by atoms with E-state index in [-0.39, 0.29) is 18.0 Å². The maximum Gasteiger partial charge on any atom is 0.333 e. The summed E-state index contributed by atoms with van der Waals surface area (Å²) in [6, 6.07) is 9.51. The van der Waals surface area contributed by atoms with E-state index in [0.29, 0.717) is 47.1 Å². The number of hydrogen-bond acceptors (Lipinski definition) is 9. The molecule has 2 aromatic heterocycles. The van der Waals surface area contributed by atoms with Crippen LogP contribution in [-0.4, -0.2) is 48.6 Å². The van der Waals surface area contributed by atoms with Gasteiger partial charge in [0.05, 0.1) is 32.3 Å². The molecule has 39 heavy (non-hydrogen) atoms. The van der Waals surface area contributed by atoms with E-state index < -0.39 is 28.8 Å². The van der Waals surface area contributed by atoms with Crippen LogP contribution in [0.5, 0.6) is 5.75 Å². The summed E-state index contributed by atoms with van der Waals surface area (Å²) in [7, 11) is 2.83. The molecule has 1 amide bonds. The van der Waals surface area contributed by atoms with Crippen LogP contribution in [0.2, 0.25) is 0 Å². The van der Waals surface area contributed by atoms with Crippen LogP contribution in [0.4, 0.5) is 0 Å². The maximum atomic E-state index is 14.1. The largest absolute Gasteiger partial charge is 0.496 e.